The average Bonchev–Trinajstić information content (AvgIpc) is 2.86. The van der Waals surface area contributed by atoms with Crippen molar-refractivity contribution in [2.24, 2.45) is 0 Å². The van der Waals surface area contributed by atoms with Crippen molar-refractivity contribution >= 4 is 40.0 Å². The summed E-state index contributed by atoms with van der Waals surface area (Å²) in [7, 11) is 0. The van der Waals surface area contributed by atoms with Gasteiger partial charge in [0.25, 0.3) is 0 Å². The normalized spacial score (nSPS) is 10.7. The fourth-order valence-corrected chi connectivity index (χ4v) is 2.86. The fraction of sp³-hybridized carbons (Fsp3) is 0.0588. The van der Waals surface area contributed by atoms with E-state index in [1.54, 1.807) is 16.8 Å². The molecule has 0 aliphatic carbocycles. The Hall–Kier alpha value is -1.81. The summed E-state index contributed by atoms with van der Waals surface area (Å²) < 4.78 is 1.60. The van der Waals surface area contributed by atoms with Gasteiger partial charge in [0.15, 0.2) is 0 Å². The molecule has 0 spiro atoms. The molecule has 23 heavy (non-hydrogen) atoms. The van der Waals surface area contributed by atoms with E-state index in [4.69, 9.17) is 34.8 Å². The molecule has 0 saturated heterocycles. The molecule has 116 valence electrons. The highest BCUT2D eigenvalue weighted by molar-refractivity contribution is 6.63. The van der Waals surface area contributed by atoms with Crippen LogP contribution in [0.1, 0.15) is 5.56 Å². The Bertz CT molecular complexity index is 842. The van der Waals surface area contributed by atoms with Gasteiger partial charge in [-0.05, 0) is 35.9 Å². The zero-order chi connectivity index (χ0) is 16.4. The van der Waals surface area contributed by atoms with E-state index in [2.05, 4.69) is 5.10 Å². The van der Waals surface area contributed by atoms with Crippen LogP contribution in [0.2, 0.25) is 10.2 Å². The maximum absolute atomic E-state index is 11.4. The molecule has 0 aliphatic rings. The molecule has 0 amide bonds. The molecule has 2 aromatic carbocycles. The van der Waals surface area contributed by atoms with Crippen molar-refractivity contribution in [3.05, 3.63) is 70.3 Å². The molecule has 3 aromatic rings. The summed E-state index contributed by atoms with van der Waals surface area (Å²) in [5.74, 6) is 0. The van der Waals surface area contributed by atoms with Crippen molar-refractivity contribution in [1.29, 1.82) is 0 Å². The predicted molar refractivity (Wildman–Crippen MR) is 93.6 cm³/mol. The Morgan fingerprint density at radius 2 is 1.65 bits per heavy atom. The third-order valence-electron chi connectivity index (χ3n) is 3.36. The summed E-state index contributed by atoms with van der Waals surface area (Å²) >= 11 is 18.0. The van der Waals surface area contributed by atoms with E-state index >= 15 is 0 Å². The number of aromatic nitrogens is 2. The van der Waals surface area contributed by atoms with Crippen LogP contribution in [-0.4, -0.2) is 15.0 Å². The van der Waals surface area contributed by atoms with Crippen molar-refractivity contribution < 1.29 is 4.79 Å². The molecule has 0 aliphatic heterocycles. The highest BCUT2D eigenvalue weighted by atomic mass is 35.5. The molecule has 3 rings (SSSR count). The minimum absolute atomic E-state index is 0.00514. The van der Waals surface area contributed by atoms with Gasteiger partial charge < -0.3 is 0 Å². The molecule has 0 bridgehead atoms. The number of para-hydroxylation sites is 1. The second-order valence-electron chi connectivity index (χ2n) is 4.90. The van der Waals surface area contributed by atoms with E-state index in [0.29, 0.717) is 21.4 Å². The summed E-state index contributed by atoms with van der Waals surface area (Å²) in [5.41, 5.74) is 2.84. The number of halogens is 3. The van der Waals surface area contributed by atoms with Gasteiger partial charge in [-0.3, -0.25) is 4.79 Å². The first-order valence-corrected chi connectivity index (χ1v) is 7.96. The predicted octanol–water partition coefficient (Wildman–Crippen LogP) is 5.15. The van der Waals surface area contributed by atoms with Gasteiger partial charge in [0, 0.05) is 16.1 Å². The second-order valence-corrected chi connectivity index (χ2v) is 6.12. The van der Waals surface area contributed by atoms with E-state index in [-0.39, 0.29) is 6.42 Å². The maximum atomic E-state index is 11.4. The lowest BCUT2D eigenvalue weighted by Crippen LogP contribution is -1.97. The molecule has 3 nitrogen and oxygen atoms in total. The van der Waals surface area contributed by atoms with Crippen LogP contribution in [0.4, 0.5) is 0 Å². The molecular formula is C17H11Cl3N2O. The number of carbonyl (C=O) groups is 1. The highest BCUT2D eigenvalue weighted by Crippen LogP contribution is 2.32. The minimum Gasteiger partial charge on any atom is -0.281 e. The van der Waals surface area contributed by atoms with Gasteiger partial charge >= 0.3 is 0 Å². The molecule has 0 unspecified atom stereocenters. The first-order chi connectivity index (χ1) is 11.1. The number of nitrogens with zero attached hydrogens (tertiary/aromatic N) is 2. The second kappa shape index (κ2) is 6.75. The summed E-state index contributed by atoms with van der Waals surface area (Å²) in [6, 6.07) is 16.6. The Kier molecular flexibility index (Phi) is 4.71. The van der Waals surface area contributed by atoms with Gasteiger partial charge in [-0.1, -0.05) is 53.5 Å². The molecule has 0 radical (unpaired) electrons. The molecular weight excluding hydrogens is 355 g/mol. The van der Waals surface area contributed by atoms with Crippen molar-refractivity contribution in [1.82, 2.24) is 9.78 Å². The van der Waals surface area contributed by atoms with E-state index < -0.39 is 5.24 Å². The quantitative estimate of drug-likeness (QED) is 0.599. The Labute approximate surface area is 148 Å². The molecule has 1 heterocycles. The van der Waals surface area contributed by atoms with Gasteiger partial charge in [0.1, 0.15) is 5.15 Å². The molecule has 0 fully saturated rings. The SMILES string of the molecule is O=C(Cl)Cc1c(-c2ccc(Cl)cc2)nn(-c2ccccc2)c1Cl. The van der Waals surface area contributed by atoms with E-state index in [1.807, 2.05) is 42.5 Å². The lowest BCUT2D eigenvalue weighted by atomic mass is 10.1. The first kappa shape index (κ1) is 16.1. The molecule has 0 atom stereocenters. The number of hydrogen-bond donors (Lipinski definition) is 0. The van der Waals surface area contributed by atoms with Gasteiger partial charge in [-0.2, -0.15) is 5.10 Å². The summed E-state index contributed by atoms with van der Waals surface area (Å²) in [4.78, 5) is 11.4. The molecule has 6 heteroatoms. The summed E-state index contributed by atoms with van der Waals surface area (Å²) in [6.07, 6.45) is 0.00514. The van der Waals surface area contributed by atoms with Crippen LogP contribution in [0.5, 0.6) is 0 Å². The Morgan fingerprint density at radius 3 is 2.26 bits per heavy atom. The topological polar surface area (TPSA) is 34.9 Å². The monoisotopic (exact) mass is 364 g/mol. The van der Waals surface area contributed by atoms with Crippen LogP contribution in [0.25, 0.3) is 16.9 Å². The van der Waals surface area contributed by atoms with Crippen LogP contribution in [0.15, 0.2) is 54.6 Å². The van der Waals surface area contributed by atoms with Gasteiger partial charge in [-0.15, -0.1) is 0 Å². The van der Waals surface area contributed by atoms with Crippen molar-refractivity contribution in [2.45, 2.75) is 6.42 Å². The lowest BCUT2D eigenvalue weighted by molar-refractivity contribution is -0.111. The van der Waals surface area contributed by atoms with E-state index in [0.717, 1.165) is 11.3 Å². The smallest absolute Gasteiger partial charge is 0.226 e. The number of benzene rings is 2. The van der Waals surface area contributed by atoms with E-state index in [1.165, 1.54) is 0 Å². The van der Waals surface area contributed by atoms with Crippen LogP contribution in [-0.2, 0) is 11.2 Å². The fourth-order valence-electron chi connectivity index (χ4n) is 2.31. The zero-order valence-electron chi connectivity index (χ0n) is 11.8. The summed E-state index contributed by atoms with van der Waals surface area (Å²) in [6.45, 7) is 0. The Morgan fingerprint density at radius 1 is 1.00 bits per heavy atom. The molecule has 1 aromatic heterocycles. The van der Waals surface area contributed by atoms with Crippen LogP contribution in [0.3, 0.4) is 0 Å². The Balaban J connectivity index is 2.17. The zero-order valence-corrected chi connectivity index (χ0v) is 14.1. The maximum Gasteiger partial charge on any atom is 0.226 e. The summed E-state index contributed by atoms with van der Waals surface area (Å²) in [5, 5.41) is 5.07. The van der Waals surface area contributed by atoms with Crippen LogP contribution in [0, 0.1) is 0 Å². The number of rotatable bonds is 4. The number of carbonyl (C=O) groups excluding carboxylic acids is 1. The van der Waals surface area contributed by atoms with Gasteiger partial charge in [0.2, 0.25) is 5.24 Å². The third-order valence-corrected chi connectivity index (χ3v) is 4.13. The largest absolute Gasteiger partial charge is 0.281 e. The standard InChI is InChI=1S/C17H11Cl3N2O/c18-12-8-6-11(7-9-12)16-14(10-15(19)23)17(20)22(21-16)13-4-2-1-3-5-13/h1-9H,10H2. The van der Waals surface area contributed by atoms with Crippen LogP contribution < -0.4 is 0 Å². The van der Waals surface area contributed by atoms with Crippen molar-refractivity contribution in [2.75, 3.05) is 0 Å². The molecule has 0 saturated carbocycles. The van der Waals surface area contributed by atoms with Crippen molar-refractivity contribution in [3.8, 4) is 16.9 Å². The average molecular weight is 366 g/mol. The third kappa shape index (κ3) is 3.42. The minimum atomic E-state index is -0.491. The van der Waals surface area contributed by atoms with Crippen LogP contribution >= 0.6 is 34.8 Å². The van der Waals surface area contributed by atoms with Gasteiger partial charge in [-0.25, -0.2) is 4.68 Å². The van der Waals surface area contributed by atoms with Crippen molar-refractivity contribution in [3.63, 3.8) is 0 Å². The lowest BCUT2D eigenvalue weighted by Gasteiger charge is -2.02. The van der Waals surface area contributed by atoms with Gasteiger partial charge in [0.05, 0.1) is 17.8 Å². The number of hydrogen-bond acceptors (Lipinski definition) is 2. The first-order valence-electron chi connectivity index (χ1n) is 6.83. The highest BCUT2D eigenvalue weighted by Gasteiger charge is 2.20. The molecule has 0 N–H and O–H groups in total. The van der Waals surface area contributed by atoms with E-state index in [9.17, 15) is 4.79 Å².